The lowest BCUT2D eigenvalue weighted by Gasteiger charge is -2.24. The molecule has 4 rings (SSSR count). The SMILES string of the molecule is C#CCCCCN1C(=O)C2=C(c3ccc(Br)s3)N(CCCCC#C)C(=O)C2=C1c1cc(Br)cs1. The minimum absolute atomic E-state index is 0.116. The van der Waals surface area contributed by atoms with E-state index in [2.05, 4.69) is 43.7 Å². The zero-order valence-corrected chi connectivity index (χ0v) is 23.2. The van der Waals surface area contributed by atoms with Crippen molar-refractivity contribution in [3.8, 4) is 24.7 Å². The van der Waals surface area contributed by atoms with Crippen LogP contribution in [0.1, 0.15) is 48.3 Å². The van der Waals surface area contributed by atoms with E-state index in [1.54, 1.807) is 9.80 Å². The average Bonchev–Trinajstić information content (AvgIpc) is 3.56. The molecule has 0 saturated carbocycles. The molecular weight excluding hydrogens is 596 g/mol. The van der Waals surface area contributed by atoms with E-state index >= 15 is 0 Å². The summed E-state index contributed by atoms with van der Waals surface area (Å²) in [5.74, 6) is 5.08. The molecule has 0 unspecified atom stereocenters. The first-order valence-corrected chi connectivity index (χ1v) is 14.3. The molecular formula is C26H22Br2N2O2S2. The van der Waals surface area contributed by atoms with Gasteiger partial charge < -0.3 is 9.80 Å². The molecule has 2 amide bonds. The van der Waals surface area contributed by atoms with E-state index in [0.29, 0.717) is 48.5 Å². The van der Waals surface area contributed by atoms with Crippen molar-refractivity contribution < 1.29 is 9.59 Å². The fourth-order valence-electron chi connectivity index (χ4n) is 4.21. The Balaban J connectivity index is 1.82. The summed E-state index contributed by atoms with van der Waals surface area (Å²) < 4.78 is 1.88. The van der Waals surface area contributed by atoms with Crippen LogP contribution in [-0.2, 0) is 9.59 Å². The van der Waals surface area contributed by atoms with Gasteiger partial charge in [-0.05, 0) is 75.7 Å². The maximum absolute atomic E-state index is 13.9. The minimum Gasteiger partial charge on any atom is -0.306 e. The van der Waals surface area contributed by atoms with Gasteiger partial charge in [0.25, 0.3) is 11.8 Å². The average molecular weight is 618 g/mol. The van der Waals surface area contributed by atoms with Gasteiger partial charge in [0, 0.05) is 35.8 Å². The largest absolute Gasteiger partial charge is 0.306 e. The minimum atomic E-state index is -0.116. The van der Waals surface area contributed by atoms with Gasteiger partial charge in [-0.2, -0.15) is 0 Å². The van der Waals surface area contributed by atoms with Gasteiger partial charge >= 0.3 is 0 Å². The van der Waals surface area contributed by atoms with Crippen molar-refractivity contribution in [3.05, 3.63) is 52.7 Å². The van der Waals surface area contributed by atoms with Crippen LogP contribution in [0, 0.1) is 24.7 Å². The molecule has 174 valence electrons. The second kappa shape index (κ2) is 11.1. The topological polar surface area (TPSA) is 40.6 Å². The number of hydrogen-bond acceptors (Lipinski definition) is 4. The number of carbonyl (C=O) groups excluding carboxylic acids is 2. The summed E-state index contributed by atoms with van der Waals surface area (Å²) >= 11 is 10.1. The Morgan fingerprint density at radius 1 is 0.824 bits per heavy atom. The fraction of sp³-hybridized carbons (Fsp3) is 0.308. The molecule has 0 saturated heterocycles. The summed E-state index contributed by atoms with van der Waals surface area (Å²) in [6.45, 7) is 1.05. The van der Waals surface area contributed by atoms with Crippen LogP contribution in [0.4, 0.5) is 0 Å². The van der Waals surface area contributed by atoms with Gasteiger partial charge in [-0.15, -0.1) is 47.4 Å². The summed E-state index contributed by atoms with van der Waals surface area (Å²) in [7, 11) is 0. The molecule has 0 bridgehead atoms. The van der Waals surface area contributed by atoms with Crippen LogP contribution in [0.2, 0.25) is 0 Å². The van der Waals surface area contributed by atoms with E-state index < -0.39 is 0 Å². The number of nitrogens with zero attached hydrogens (tertiary/aromatic N) is 2. The number of terminal acetylenes is 2. The Morgan fingerprint density at radius 2 is 1.38 bits per heavy atom. The van der Waals surface area contributed by atoms with Crippen LogP contribution in [-0.4, -0.2) is 34.7 Å². The smallest absolute Gasteiger partial charge is 0.261 e. The maximum atomic E-state index is 13.9. The second-order valence-electron chi connectivity index (χ2n) is 7.92. The number of carbonyl (C=O) groups is 2. The number of halogens is 2. The van der Waals surface area contributed by atoms with Crippen LogP contribution in [0.15, 0.2) is 43.0 Å². The molecule has 4 nitrogen and oxygen atoms in total. The molecule has 34 heavy (non-hydrogen) atoms. The number of thiophene rings is 2. The van der Waals surface area contributed by atoms with E-state index in [9.17, 15) is 9.59 Å². The lowest BCUT2D eigenvalue weighted by Crippen LogP contribution is -2.30. The third kappa shape index (κ3) is 4.83. The predicted molar refractivity (Wildman–Crippen MR) is 147 cm³/mol. The standard InChI is InChI=1S/C26H22Br2N2O2S2/c1-3-5-7-9-13-29-23(18-11-12-20(28)34-18)21-22(26(29)32)24(19-15-17(27)16-33-19)30(25(21)31)14-10-8-6-4-2/h1-2,11-12,15-16H,5-10,13-14H2. The van der Waals surface area contributed by atoms with Gasteiger partial charge in [0.1, 0.15) is 0 Å². The van der Waals surface area contributed by atoms with Crippen LogP contribution in [0.25, 0.3) is 11.4 Å². The van der Waals surface area contributed by atoms with Crippen molar-refractivity contribution in [3.63, 3.8) is 0 Å². The Morgan fingerprint density at radius 3 is 1.82 bits per heavy atom. The van der Waals surface area contributed by atoms with Gasteiger partial charge in [0.05, 0.1) is 36.1 Å². The van der Waals surface area contributed by atoms with Crippen molar-refractivity contribution in [2.24, 2.45) is 0 Å². The monoisotopic (exact) mass is 616 g/mol. The van der Waals surface area contributed by atoms with Crippen LogP contribution in [0.3, 0.4) is 0 Å². The lowest BCUT2D eigenvalue weighted by atomic mass is 10.1. The van der Waals surface area contributed by atoms with Crippen molar-refractivity contribution in [2.45, 2.75) is 38.5 Å². The zero-order valence-electron chi connectivity index (χ0n) is 18.4. The first-order valence-electron chi connectivity index (χ1n) is 11.0. The number of unbranched alkanes of at least 4 members (excludes halogenated alkanes) is 4. The second-order valence-corrected chi connectivity index (χ2v) is 12.2. The molecule has 0 atom stereocenters. The summed E-state index contributed by atoms with van der Waals surface area (Å²) in [6.07, 6.45) is 15.4. The highest BCUT2D eigenvalue weighted by Crippen LogP contribution is 2.49. The van der Waals surface area contributed by atoms with E-state index in [1.165, 1.54) is 22.7 Å². The number of rotatable bonds is 10. The van der Waals surface area contributed by atoms with Crippen molar-refractivity contribution in [1.82, 2.24) is 9.80 Å². The van der Waals surface area contributed by atoms with Gasteiger partial charge in [0.2, 0.25) is 0 Å². The van der Waals surface area contributed by atoms with E-state index in [1.807, 2.05) is 23.6 Å². The van der Waals surface area contributed by atoms with Crippen LogP contribution < -0.4 is 0 Å². The molecule has 2 aliphatic rings. The van der Waals surface area contributed by atoms with E-state index in [0.717, 1.165) is 43.7 Å². The highest BCUT2D eigenvalue weighted by molar-refractivity contribution is 9.11. The summed E-state index contributed by atoms with van der Waals surface area (Å²) in [5.41, 5.74) is 2.43. The normalized spacial score (nSPS) is 15.4. The molecule has 2 aliphatic heterocycles. The van der Waals surface area contributed by atoms with Crippen molar-refractivity contribution >= 4 is 77.7 Å². The molecule has 0 aromatic carbocycles. The zero-order chi connectivity index (χ0) is 24.2. The molecule has 8 heteroatoms. The molecule has 2 aromatic heterocycles. The van der Waals surface area contributed by atoms with Crippen LogP contribution in [0.5, 0.6) is 0 Å². The molecule has 4 heterocycles. The Bertz CT molecular complexity index is 1170. The number of hydrogen-bond donors (Lipinski definition) is 0. The molecule has 0 aliphatic carbocycles. The summed E-state index contributed by atoms with van der Waals surface area (Å²) in [6, 6.07) is 5.89. The maximum Gasteiger partial charge on any atom is 0.261 e. The molecule has 0 N–H and O–H groups in total. The van der Waals surface area contributed by atoms with Gasteiger partial charge in [-0.25, -0.2) is 0 Å². The summed E-state index contributed by atoms with van der Waals surface area (Å²) in [5, 5.41) is 1.97. The third-order valence-electron chi connectivity index (χ3n) is 5.69. The number of fused-ring (bicyclic) bond motifs is 1. The third-order valence-corrected chi connectivity index (χ3v) is 9.02. The first-order chi connectivity index (χ1) is 16.5. The fourth-order valence-corrected chi connectivity index (χ4v) is 7.14. The summed E-state index contributed by atoms with van der Waals surface area (Å²) in [4.78, 5) is 33.1. The van der Waals surface area contributed by atoms with Gasteiger partial charge in [-0.1, -0.05) is 0 Å². The van der Waals surface area contributed by atoms with E-state index in [4.69, 9.17) is 12.8 Å². The Kier molecular flexibility index (Phi) is 8.16. The van der Waals surface area contributed by atoms with Gasteiger partial charge in [-0.3, -0.25) is 9.59 Å². The molecule has 0 spiro atoms. The quantitative estimate of drug-likeness (QED) is 0.219. The van der Waals surface area contributed by atoms with Gasteiger partial charge in [0.15, 0.2) is 0 Å². The Hall–Kier alpha value is -2.10. The highest BCUT2D eigenvalue weighted by atomic mass is 79.9. The first kappa shape index (κ1) is 25.0. The predicted octanol–water partition coefficient (Wildman–Crippen LogP) is 6.75. The molecule has 2 aromatic rings. The number of amides is 2. The lowest BCUT2D eigenvalue weighted by molar-refractivity contribution is -0.124. The van der Waals surface area contributed by atoms with Crippen molar-refractivity contribution in [2.75, 3.05) is 13.1 Å². The van der Waals surface area contributed by atoms with Crippen LogP contribution >= 0.6 is 54.5 Å². The highest BCUT2D eigenvalue weighted by Gasteiger charge is 2.49. The molecule has 0 fully saturated rings. The Labute approximate surface area is 225 Å². The molecule has 0 radical (unpaired) electrons. The van der Waals surface area contributed by atoms with E-state index in [-0.39, 0.29) is 11.8 Å². The van der Waals surface area contributed by atoms with Crippen molar-refractivity contribution in [1.29, 1.82) is 0 Å².